The van der Waals surface area contributed by atoms with Crippen molar-refractivity contribution in [3.8, 4) is 5.69 Å². The fourth-order valence-electron chi connectivity index (χ4n) is 2.40. The number of hydrogen-bond donors (Lipinski definition) is 0. The molecule has 0 aliphatic rings. The van der Waals surface area contributed by atoms with Gasteiger partial charge in [0, 0.05) is 11.3 Å². The van der Waals surface area contributed by atoms with Crippen LogP contribution in [0.5, 0.6) is 0 Å². The van der Waals surface area contributed by atoms with Crippen molar-refractivity contribution in [1.82, 2.24) is 9.78 Å². The summed E-state index contributed by atoms with van der Waals surface area (Å²) in [7, 11) is 0. The molecule has 0 spiro atoms. The van der Waals surface area contributed by atoms with Crippen LogP contribution < -0.4 is 0 Å². The molecule has 0 amide bonds. The summed E-state index contributed by atoms with van der Waals surface area (Å²) in [5, 5.41) is 4.57. The zero-order chi connectivity index (χ0) is 16.4. The normalized spacial score (nSPS) is 11.3. The number of aromatic nitrogens is 2. The minimum atomic E-state index is -0.0480. The number of rotatable bonds is 4. The molecule has 3 aromatic rings. The number of ketones is 1. The van der Waals surface area contributed by atoms with E-state index in [1.807, 2.05) is 54.9 Å². The molecule has 0 aliphatic carbocycles. The van der Waals surface area contributed by atoms with Crippen LogP contribution in [0.25, 0.3) is 11.8 Å². The lowest BCUT2D eigenvalue weighted by molar-refractivity contribution is 0.105. The highest BCUT2D eigenvalue weighted by Gasteiger charge is 2.11. The van der Waals surface area contributed by atoms with Crippen molar-refractivity contribution in [3.63, 3.8) is 0 Å². The maximum Gasteiger partial charge on any atom is 0.195 e. The lowest BCUT2D eigenvalue weighted by Crippen LogP contribution is -1.98. The van der Waals surface area contributed by atoms with Crippen molar-refractivity contribution in [2.45, 2.75) is 13.8 Å². The lowest BCUT2D eigenvalue weighted by Gasteiger charge is -2.03. The molecule has 0 aliphatic heterocycles. The number of carbonyl (C=O) groups excluding carboxylic acids is 1. The highest BCUT2D eigenvalue weighted by Crippen LogP contribution is 2.23. The van der Waals surface area contributed by atoms with Gasteiger partial charge in [-0.15, -0.1) is 11.3 Å². The van der Waals surface area contributed by atoms with Gasteiger partial charge in [-0.1, -0.05) is 29.8 Å². The summed E-state index contributed by atoms with van der Waals surface area (Å²) in [6, 6.07) is 13.4. The molecule has 1 aromatic carbocycles. The summed E-state index contributed by atoms with van der Waals surface area (Å²) in [6.07, 6.45) is 3.40. The summed E-state index contributed by atoms with van der Waals surface area (Å²) in [6.45, 7) is 3.94. The largest absolute Gasteiger partial charge is 0.288 e. The number of carbonyl (C=O) groups is 1. The molecule has 2 heterocycles. The van der Waals surface area contributed by atoms with Gasteiger partial charge in [0.1, 0.15) is 0 Å². The van der Waals surface area contributed by atoms with Gasteiger partial charge in [0.05, 0.1) is 20.6 Å². The van der Waals surface area contributed by atoms with Crippen molar-refractivity contribution < 1.29 is 4.79 Å². The van der Waals surface area contributed by atoms with Crippen molar-refractivity contribution in [2.75, 3.05) is 0 Å². The second-order valence-electron chi connectivity index (χ2n) is 5.13. The summed E-state index contributed by atoms with van der Waals surface area (Å²) in [4.78, 5) is 12.8. The zero-order valence-corrected chi connectivity index (χ0v) is 14.4. The molecule has 0 saturated carbocycles. The lowest BCUT2D eigenvalue weighted by atomic mass is 10.1. The van der Waals surface area contributed by atoms with Gasteiger partial charge in [0.15, 0.2) is 5.78 Å². The van der Waals surface area contributed by atoms with Crippen LogP contribution >= 0.6 is 22.9 Å². The number of para-hydroxylation sites is 1. The maximum absolute atomic E-state index is 12.2. The third-order valence-electron chi connectivity index (χ3n) is 3.57. The number of nitrogens with zero attached hydrogens (tertiary/aromatic N) is 2. The topological polar surface area (TPSA) is 34.9 Å². The molecule has 0 N–H and O–H groups in total. The first-order valence-corrected chi connectivity index (χ1v) is 8.35. The second kappa shape index (κ2) is 6.52. The van der Waals surface area contributed by atoms with Gasteiger partial charge in [-0.3, -0.25) is 4.79 Å². The van der Waals surface area contributed by atoms with Crippen LogP contribution in [-0.2, 0) is 0 Å². The Morgan fingerprint density at radius 2 is 1.91 bits per heavy atom. The van der Waals surface area contributed by atoms with Gasteiger partial charge in [0.25, 0.3) is 0 Å². The number of halogens is 1. The highest BCUT2D eigenvalue weighted by molar-refractivity contribution is 7.18. The molecular formula is C18H15ClN2OS. The number of hydrogen-bond acceptors (Lipinski definition) is 3. The van der Waals surface area contributed by atoms with E-state index in [2.05, 4.69) is 5.10 Å². The minimum Gasteiger partial charge on any atom is -0.288 e. The third-order valence-corrected chi connectivity index (χ3v) is 4.81. The Hall–Kier alpha value is -2.17. The Morgan fingerprint density at radius 3 is 2.57 bits per heavy atom. The van der Waals surface area contributed by atoms with E-state index in [4.69, 9.17) is 11.6 Å². The van der Waals surface area contributed by atoms with E-state index >= 15 is 0 Å². The van der Waals surface area contributed by atoms with Gasteiger partial charge in [-0.05, 0) is 50.3 Å². The molecule has 0 bridgehead atoms. The Labute approximate surface area is 143 Å². The fraction of sp³-hybridized carbons (Fsp3) is 0.111. The van der Waals surface area contributed by atoms with Gasteiger partial charge < -0.3 is 0 Å². The molecular weight excluding hydrogens is 328 g/mol. The van der Waals surface area contributed by atoms with Crippen LogP contribution in [0, 0.1) is 13.8 Å². The van der Waals surface area contributed by atoms with Crippen LogP contribution in [0.2, 0.25) is 4.34 Å². The average molecular weight is 343 g/mol. The fourth-order valence-corrected chi connectivity index (χ4v) is 3.37. The van der Waals surface area contributed by atoms with E-state index in [-0.39, 0.29) is 5.78 Å². The molecule has 3 rings (SSSR count). The molecule has 0 radical (unpaired) electrons. The Kier molecular flexibility index (Phi) is 4.46. The predicted octanol–water partition coefficient (Wildman–Crippen LogP) is 5.10. The number of aryl methyl sites for hydroxylation is 1. The first kappa shape index (κ1) is 15.7. The summed E-state index contributed by atoms with van der Waals surface area (Å²) in [5.41, 5.74) is 3.86. The van der Waals surface area contributed by atoms with Crippen LogP contribution in [0.4, 0.5) is 0 Å². The standard InChI is InChI=1S/C18H15ClN2OS/c1-12-15(8-9-16(22)17-10-11-18(19)23-17)13(2)21(20-12)14-6-4-3-5-7-14/h3-11H,1-2H3. The Morgan fingerprint density at radius 1 is 1.17 bits per heavy atom. The molecule has 0 saturated heterocycles. The Balaban J connectivity index is 1.90. The van der Waals surface area contributed by atoms with Crippen LogP contribution in [0.15, 0.2) is 48.5 Å². The Bertz CT molecular complexity index is 878. The van der Waals surface area contributed by atoms with Gasteiger partial charge in [0.2, 0.25) is 0 Å². The van der Waals surface area contributed by atoms with E-state index in [0.29, 0.717) is 9.21 Å². The maximum atomic E-state index is 12.2. The van der Waals surface area contributed by atoms with Crippen molar-refractivity contribution >= 4 is 34.8 Å². The van der Waals surface area contributed by atoms with Crippen LogP contribution in [0.1, 0.15) is 26.6 Å². The van der Waals surface area contributed by atoms with E-state index in [1.165, 1.54) is 11.3 Å². The molecule has 0 fully saturated rings. The molecule has 0 unspecified atom stereocenters. The summed E-state index contributed by atoms with van der Waals surface area (Å²) < 4.78 is 2.51. The average Bonchev–Trinajstić information content (AvgIpc) is 3.10. The predicted molar refractivity (Wildman–Crippen MR) is 95.7 cm³/mol. The van der Waals surface area contributed by atoms with Crippen molar-refractivity contribution in [2.24, 2.45) is 0 Å². The summed E-state index contributed by atoms with van der Waals surface area (Å²) >= 11 is 7.16. The van der Waals surface area contributed by atoms with Gasteiger partial charge in [-0.25, -0.2) is 4.68 Å². The molecule has 116 valence electrons. The molecule has 3 nitrogen and oxygen atoms in total. The van der Waals surface area contributed by atoms with E-state index in [0.717, 1.165) is 22.6 Å². The van der Waals surface area contributed by atoms with Crippen LogP contribution in [0.3, 0.4) is 0 Å². The number of benzene rings is 1. The van der Waals surface area contributed by atoms with E-state index in [9.17, 15) is 4.79 Å². The second-order valence-corrected chi connectivity index (χ2v) is 6.85. The minimum absolute atomic E-state index is 0.0480. The molecule has 2 aromatic heterocycles. The van der Waals surface area contributed by atoms with Crippen molar-refractivity contribution in [1.29, 1.82) is 0 Å². The highest BCUT2D eigenvalue weighted by atomic mass is 35.5. The van der Waals surface area contributed by atoms with Gasteiger partial charge >= 0.3 is 0 Å². The van der Waals surface area contributed by atoms with Crippen molar-refractivity contribution in [3.05, 3.63) is 74.7 Å². The summed E-state index contributed by atoms with van der Waals surface area (Å²) in [5.74, 6) is -0.0480. The third kappa shape index (κ3) is 3.28. The quantitative estimate of drug-likeness (QED) is 0.488. The molecule has 23 heavy (non-hydrogen) atoms. The molecule has 0 atom stereocenters. The van der Waals surface area contributed by atoms with Crippen LogP contribution in [-0.4, -0.2) is 15.6 Å². The first-order chi connectivity index (χ1) is 11.1. The monoisotopic (exact) mass is 342 g/mol. The SMILES string of the molecule is Cc1nn(-c2ccccc2)c(C)c1C=CC(=O)c1ccc(Cl)s1. The van der Waals surface area contributed by atoms with Gasteiger partial charge in [-0.2, -0.15) is 5.10 Å². The number of allylic oxidation sites excluding steroid dienone is 1. The van der Waals surface area contributed by atoms with E-state index in [1.54, 1.807) is 18.2 Å². The first-order valence-electron chi connectivity index (χ1n) is 7.15. The smallest absolute Gasteiger partial charge is 0.195 e. The molecule has 5 heteroatoms. The van der Waals surface area contributed by atoms with E-state index < -0.39 is 0 Å². The zero-order valence-electron chi connectivity index (χ0n) is 12.8. The number of thiophene rings is 1.